The number of amides is 1. The highest BCUT2D eigenvalue weighted by atomic mass is 16.5. The van der Waals surface area contributed by atoms with Crippen molar-refractivity contribution in [2.75, 3.05) is 40.0 Å². The fraction of sp³-hybridized carbons (Fsp3) is 0.909. The van der Waals surface area contributed by atoms with Gasteiger partial charge in [0.25, 0.3) is 5.91 Å². The maximum Gasteiger partial charge on any atom is 0.251 e. The van der Waals surface area contributed by atoms with E-state index in [1.807, 2.05) is 0 Å². The Morgan fingerprint density at radius 2 is 2.38 bits per heavy atom. The smallest absolute Gasteiger partial charge is 0.251 e. The molecule has 0 saturated carbocycles. The van der Waals surface area contributed by atoms with Crippen LogP contribution >= 0.6 is 0 Å². The summed E-state index contributed by atoms with van der Waals surface area (Å²) in [4.78, 5) is 13.9. The average Bonchev–Trinajstić information content (AvgIpc) is 2.82. The maximum atomic E-state index is 12.1. The molecule has 1 fully saturated rings. The highest BCUT2D eigenvalue weighted by Gasteiger charge is 2.27. The van der Waals surface area contributed by atoms with Crippen molar-refractivity contribution in [2.45, 2.75) is 25.4 Å². The van der Waals surface area contributed by atoms with Crippen molar-refractivity contribution in [3.63, 3.8) is 0 Å². The molecule has 1 saturated heterocycles. The van der Waals surface area contributed by atoms with Crippen molar-refractivity contribution in [3.05, 3.63) is 0 Å². The molecule has 1 aliphatic heterocycles. The lowest BCUT2D eigenvalue weighted by molar-refractivity contribution is -0.141. The minimum atomic E-state index is -0.241. The predicted octanol–water partition coefficient (Wildman–Crippen LogP) is -0.0108. The number of hydrogen-bond acceptors (Lipinski definition) is 4. The first kappa shape index (κ1) is 13.4. The minimum Gasteiger partial charge on any atom is -0.383 e. The number of ether oxygens (including phenoxy) is 2. The number of nitrogens with two attached hydrogens (primary N) is 1. The highest BCUT2D eigenvalue weighted by Crippen LogP contribution is 2.14. The fourth-order valence-corrected chi connectivity index (χ4v) is 1.79. The molecule has 0 aliphatic carbocycles. The van der Waals surface area contributed by atoms with E-state index >= 15 is 0 Å². The molecule has 1 unspecified atom stereocenters. The Balaban J connectivity index is 2.41. The van der Waals surface area contributed by atoms with E-state index in [9.17, 15) is 4.79 Å². The number of nitrogens with zero attached hydrogens (tertiary/aromatic N) is 1. The van der Waals surface area contributed by atoms with Crippen LogP contribution in [0.25, 0.3) is 0 Å². The Bertz CT molecular complexity index is 197. The molecule has 0 bridgehead atoms. The molecule has 5 heteroatoms. The number of carbonyl (C=O) groups is 1. The molecule has 1 rings (SSSR count). The molecule has 16 heavy (non-hydrogen) atoms. The molecule has 1 aliphatic rings. The van der Waals surface area contributed by atoms with Crippen molar-refractivity contribution >= 4 is 5.91 Å². The summed E-state index contributed by atoms with van der Waals surface area (Å²) in [5, 5.41) is 0. The van der Waals surface area contributed by atoms with Crippen LogP contribution in [-0.2, 0) is 14.3 Å². The van der Waals surface area contributed by atoms with Gasteiger partial charge in [-0.3, -0.25) is 4.79 Å². The SMILES string of the molecule is COCCN(CCCN)C(=O)C1CCCO1. The van der Waals surface area contributed by atoms with E-state index in [1.54, 1.807) is 12.0 Å². The second-order valence-corrected chi connectivity index (χ2v) is 3.96. The van der Waals surface area contributed by atoms with E-state index in [2.05, 4.69) is 0 Å². The summed E-state index contributed by atoms with van der Waals surface area (Å²) in [5.41, 5.74) is 5.46. The summed E-state index contributed by atoms with van der Waals surface area (Å²) in [6.45, 7) is 3.17. The lowest BCUT2D eigenvalue weighted by atomic mass is 10.2. The lowest BCUT2D eigenvalue weighted by Gasteiger charge is -2.24. The standard InChI is InChI=1S/C11H22N2O3/c1-15-9-7-13(6-3-5-12)11(14)10-4-2-8-16-10/h10H,2-9,12H2,1H3. The van der Waals surface area contributed by atoms with Crippen LogP contribution in [0.2, 0.25) is 0 Å². The van der Waals surface area contributed by atoms with Crippen LogP contribution in [0.3, 0.4) is 0 Å². The Morgan fingerprint density at radius 1 is 1.56 bits per heavy atom. The third-order valence-electron chi connectivity index (χ3n) is 2.71. The van der Waals surface area contributed by atoms with Crippen molar-refractivity contribution < 1.29 is 14.3 Å². The molecule has 1 amide bonds. The molecular weight excluding hydrogens is 208 g/mol. The van der Waals surface area contributed by atoms with Gasteiger partial charge in [0.15, 0.2) is 0 Å². The summed E-state index contributed by atoms with van der Waals surface area (Å²) < 4.78 is 10.4. The van der Waals surface area contributed by atoms with Crippen molar-refractivity contribution in [3.8, 4) is 0 Å². The first-order valence-electron chi connectivity index (χ1n) is 5.89. The first-order chi connectivity index (χ1) is 7.79. The van der Waals surface area contributed by atoms with Gasteiger partial charge in [-0.2, -0.15) is 0 Å². The van der Waals surface area contributed by atoms with Crippen molar-refractivity contribution in [2.24, 2.45) is 5.73 Å². The number of rotatable bonds is 7. The number of methoxy groups -OCH3 is 1. The Kier molecular flexibility index (Phi) is 6.37. The lowest BCUT2D eigenvalue weighted by Crippen LogP contribution is -2.41. The Morgan fingerprint density at radius 3 is 2.94 bits per heavy atom. The monoisotopic (exact) mass is 230 g/mol. The Labute approximate surface area is 96.9 Å². The van der Waals surface area contributed by atoms with Gasteiger partial charge in [0.05, 0.1) is 6.61 Å². The van der Waals surface area contributed by atoms with Gasteiger partial charge >= 0.3 is 0 Å². The van der Waals surface area contributed by atoms with Crippen LogP contribution in [0.1, 0.15) is 19.3 Å². The van der Waals surface area contributed by atoms with Crippen LogP contribution < -0.4 is 5.73 Å². The highest BCUT2D eigenvalue weighted by molar-refractivity contribution is 5.81. The van der Waals surface area contributed by atoms with Gasteiger partial charge in [-0.25, -0.2) is 0 Å². The van der Waals surface area contributed by atoms with Crippen LogP contribution in [0, 0.1) is 0 Å². The fourth-order valence-electron chi connectivity index (χ4n) is 1.79. The molecule has 5 nitrogen and oxygen atoms in total. The maximum absolute atomic E-state index is 12.1. The van der Waals surface area contributed by atoms with Crippen molar-refractivity contribution in [1.82, 2.24) is 4.90 Å². The molecule has 2 N–H and O–H groups in total. The third kappa shape index (κ3) is 4.08. The summed E-state index contributed by atoms with van der Waals surface area (Å²) in [6.07, 6.45) is 2.40. The minimum absolute atomic E-state index is 0.0861. The number of hydrogen-bond donors (Lipinski definition) is 1. The second-order valence-electron chi connectivity index (χ2n) is 3.96. The van der Waals surface area contributed by atoms with Gasteiger partial charge in [0.2, 0.25) is 0 Å². The van der Waals surface area contributed by atoms with E-state index in [0.717, 1.165) is 19.3 Å². The van der Waals surface area contributed by atoms with E-state index in [4.69, 9.17) is 15.2 Å². The van der Waals surface area contributed by atoms with Gasteiger partial charge in [0, 0.05) is 26.8 Å². The molecule has 0 spiro atoms. The molecule has 94 valence electrons. The van der Waals surface area contributed by atoms with Crippen LogP contribution in [0.4, 0.5) is 0 Å². The first-order valence-corrected chi connectivity index (χ1v) is 5.89. The third-order valence-corrected chi connectivity index (χ3v) is 2.71. The van der Waals surface area contributed by atoms with Gasteiger partial charge < -0.3 is 20.1 Å². The molecule has 0 aromatic heterocycles. The van der Waals surface area contributed by atoms with Crippen LogP contribution in [0.15, 0.2) is 0 Å². The van der Waals surface area contributed by atoms with E-state index in [0.29, 0.717) is 32.8 Å². The summed E-state index contributed by atoms with van der Waals surface area (Å²) >= 11 is 0. The van der Waals surface area contributed by atoms with E-state index in [1.165, 1.54) is 0 Å². The largest absolute Gasteiger partial charge is 0.383 e. The van der Waals surface area contributed by atoms with Gasteiger partial charge in [0.1, 0.15) is 6.10 Å². The van der Waals surface area contributed by atoms with Crippen LogP contribution in [-0.4, -0.2) is 56.9 Å². The molecule has 0 aromatic carbocycles. The molecular formula is C11H22N2O3. The zero-order chi connectivity index (χ0) is 11.8. The van der Waals surface area contributed by atoms with Crippen molar-refractivity contribution in [1.29, 1.82) is 0 Å². The van der Waals surface area contributed by atoms with Crippen LogP contribution in [0.5, 0.6) is 0 Å². The summed E-state index contributed by atoms with van der Waals surface area (Å²) in [5.74, 6) is 0.0861. The zero-order valence-corrected chi connectivity index (χ0v) is 9.98. The van der Waals surface area contributed by atoms with E-state index < -0.39 is 0 Å². The average molecular weight is 230 g/mol. The van der Waals surface area contributed by atoms with Gasteiger partial charge in [-0.15, -0.1) is 0 Å². The summed E-state index contributed by atoms with van der Waals surface area (Å²) in [6, 6.07) is 0. The summed E-state index contributed by atoms with van der Waals surface area (Å²) in [7, 11) is 1.64. The quantitative estimate of drug-likeness (QED) is 0.668. The Hall–Kier alpha value is -0.650. The van der Waals surface area contributed by atoms with Gasteiger partial charge in [-0.05, 0) is 25.8 Å². The normalized spacial score (nSPS) is 20.0. The number of carbonyl (C=O) groups excluding carboxylic acids is 1. The van der Waals surface area contributed by atoms with E-state index in [-0.39, 0.29) is 12.0 Å². The molecule has 1 atom stereocenters. The topological polar surface area (TPSA) is 64.8 Å². The predicted molar refractivity (Wildman–Crippen MR) is 61.1 cm³/mol. The molecule has 1 heterocycles. The molecule has 0 aromatic rings. The molecule has 0 radical (unpaired) electrons. The second kappa shape index (κ2) is 7.60. The zero-order valence-electron chi connectivity index (χ0n) is 9.98. The van der Waals surface area contributed by atoms with Gasteiger partial charge in [-0.1, -0.05) is 0 Å².